The molecule has 1 heterocycles. The van der Waals surface area contributed by atoms with E-state index in [9.17, 15) is 9.59 Å². The fraction of sp³-hybridized carbons (Fsp3) is 0.737. The molecule has 0 radical (unpaired) electrons. The van der Waals surface area contributed by atoms with E-state index in [1.165, 1.54) is 25.7 Å². The van der Waals surface area contributed by atoms with Gasteiger partial charge in [-0.15, -0.1) is 0 Å². The summed E-state index contributed by atoms with van der Waals surface area (Å²) in [6.45, 7) is 7.30. The number of rotatable bonds is 7. The number of anilines is 1. The standard InChI is InChI=1S/C19H30N4O2/c1-4-23-11-16(18(22-23)19(25)20-10-12(2)3)21-17(24)9-15-8-13-5-6-14(15)7-13/h11-15H,4-10H2,1-3H3,(H,20,25)(H,21,24). The predicted octanol–water partition coefficient (Wildman–Crippen LogP) is 3.05. The summed E-state index contributed by atoms with van der Waals surface area (Å²) < 4.78 is 1.69. The molecule has 1 aromatic rings. The van der Waals surface area contributed by atoms with E-state index in [0.29, 0.717) is 42.7 Å². The van der Waals surface area contributed by atoms with Gasteiger partial charge in [0.15, 0.2) is 5.69 Å². The number of hydrogen-bond donors (Lipinski definition) is 2. The predicted molar refractivity (Wildman–Crippen MR) is 97.3 cm³/mol. The number of carbonyl (C=O) groups excluding carboxylic acids is 2. The van der Waals surface area contributed by atoms with Crippen LogP contribution < -0.4 is 10.6 Å². The number of aromatic nitrogens is 2. The van der Waals surface area contributed by atoms with Crippen LogP contribution in [0.4, 0.5) is 5.69 Å². The molecule has 2 amide bonds. The molecule has 138 valence electrons. The molecule has 2 aliphatic carbocycles. The molecule has 25 heavy (non-hydrogen) atoms. The van der Waals surface area contributed by atoms with E-state index in [4.69, 9.17) is 0 Å². The zero-order chi connectivity index (χ0) is 18.0. The van der Waals surface area contributed by atoms with Gasteiger partial charge in [0.05, 0.1) is 5.69 Å². The molecule has 3 atom stereocenters. The lowest BCUT2D eigenvalue weighted by Crippen LogP contribution is -2.29. The molecule has 0 aliphatic heterocycles. The lowest BCUT2D eigenvalue weighted by molar-refractivity contribution is -0.117. The Kier molecular flexibility index (Phi) is 5.45. The van der Waals surface area contributed by atoms with Crippen LogP contribution >= 0.6 is 0 Å². The Morgan fingerprint density at radius 2 is 2.12 bits per heavy atom. The molecule has 2 fully saturated rings. The summed E-state index contributed by atoms with van der Waals surface area (Å²) in [7, 11) is 0. The van der Waals surface area contributed by atoms with Crippen LogP contribution in [0.15, 0.2) is 6.20 Å². The zero-order valence-electron chi connectivity index (χ0n) is 15.5. The molecule has 2 N–H and O–H groups in total. The molecule has 3 unspecified atom stereocenters. The van der Waals surface area contributed by atoms with Gasteiger partial charge in [0, 0.05) is 25.7 Å². The van der Waals surface area contributed by atoms with Crippen LogP contribution in [-0.4, -0.2) is 28.1 Å². The topological polar surface area (TPSA) is 76.0 Å². The van der Waals surface area contributed by atoms with Crippen molar-refractivity contribution in [2.75, 3.05) is 11.9 Å². The summed E-state index contributed by atoms with van der Waals surface area (Å²) in [5.41, 5.74) is 0.833. The fourth-order valence-electron chi connectivity index (χ4n) is 4.29. The summed E-state index contributed by atoms with van der Waals surface area (Å²) in [6, 6.07) is 0. The van der Waals surface area contributed by atoms with Crippen molar-refractivity contribution in [2.24, 2.45) is 23.7 Å². The number of fused-ring (bicyclic) bond motifs is 2. The van der Waals surface area contributed by atoms with Crippen molar-refractivity contribution in [1.29, 1.82) is 0 Å². The van der Waals surface area contributed by atoms with E-state index >= 15 is 0 Å². The van der Waals surface area contributed by atoms with Gasteiger partial charge >= 0.3 is 0 Å². The Morgan fingerprint density at radius 1 is 1.32 bits per heavy atom. The first-order valence-electron chi connectivity index (χ1n) is 9.61. The third-order valence-electron chi connectivity index (χ3n) is 5.58. The van der Waals surface area contributed by atoms with E-state index in [2.05, 4.69) is 15.7 Å². The molecule has 0 aromatic carbocycles. The molecule has 3 rings (SSSR count). The van der Waals surface area contributed by atoms with Gasteiger partial charge in [0.25, 0.3) is 5.91 Å². The average molecular weight is 346 g/mol. The molecule has 6 nitrogen and oxygen atoms in total. The Bertz CT molecular complexity index is 637. The van der Waals surface area contributed by atoms with Gasteiger partial charge in [-0.3, -0.25) is 14.3 Å². The Labute approximate surface area is 149 Å². The minimum atomic E-state index is -0.226. The van der Waals surface area contributed by atoms with Crippen molar-refractivity contribution in [2.45, 2.75) is 59.4 Å². The summed E-state index contributed by atoms with van der Waals surface area (Å²) in [4.78, 5) is 24.9. The highest BCUT2D eigenvalue weighted by Crippen LogP contribution is 2.49. The maximum absolute atomic E-state index is 12.5. The Balaban J connectivity index is 1.63. The number of carbonyl (C=O) groups is 2. The minimum Gasteiger partial charge on any atom is -0.350 e. The average Bonchev–Trinajstić information content (AvgIpc) is 3.27. The van der Waals surface area contributed by atoms with E-state index < -0.39 is 0 Å². The van der Waals surface area contributed by atoms with Gasteiger partial charge in [0.2, 0.25) is 5.91 Å². The van der Waals surface area contributed by atoms with Crippen LogP contribution in [0.3, 0.4) is 0 Å². The third kappa shape index (κ3) is 4.22. The fourth-order valence-corrected chi connectivity index (χ4v) is 4.29. The Hall–Kier alpha value is -1.85. The minimum absolute atomic E-state index is 0.00566. The van der Waals surface area contributed by atoms with Crippen LogP contribution in [-0.2, 0) is 11.3 Å². The lowest BCUT2D eigenvalue weighted by atomic mass is 9.86. The van der Waals surface area contributed by atoms with Crippen molar-refractivity contribution in [3.8, 4) is 0 Å². The van der Waals surface area contributed by atoms with E-state index in [1.807, 2.05) is 20.8 Å². The van der Waals surface area contributed by atoms with Crippen molar-refractivity contribution < 1.29 is 9.59 Å². The highest BCUT2D eigenvalue weighted by molar-refractivity contribution is 6.02. The largest absolute Gasteiger partial charge is 0.350 e. The molecule has 2 saturated carbocycles. The SMILES string of the molecule is CCn1cc(NC(=O)CC2CC3CCC2C3)c(C(=O)NCC(C)C)n1. The van der Waals surface area contributed by atoms with Crippen LogP contribution in [0.2, 0.25) is 0 Å². The van der Waals surface area contributed by atoms with Crippen molar-refractivity contribution in [1.82, 2.24) is 15.1 Å². The maximum Gasteiger partial charge on any atom is 0.273 e. The van der Waals surface area contributed by atoms with E-state index in [-0.39, 0.29) is 11.8 Å². The lowest BCUT2D eigenvalue weighted by Gasteiger charge is -2.20. The quantitative estimate of drug-likeness (QED) is 0.797. The van der Waals surface area contributed by atoms with Gasteiger partial charge < -0.3 is 10.6 Å². The van der Waals surface area contributed by atoms with E-state index in [1.54, 1.807) is 10.9 Å². The van der Waals surface area contributed by atoms with Crippen molar-refractivity contribution in [3.05, 3.63) is 11.9 Å². The van der Waals surface area contributed by atoms with Gasteiger partial charge in [-0.05, 0) is 49.9 Å². The first-order chi connectivity index (χ1) is 12.0. The normalized spacial score (nSPS) is 24.7. The third-order valence-corrected chi connectivity index (χ3v) is 5.58. The van der Waals surface area contributed by atoms with Crippen LogP contribution in [0, 0.1) is 23.7 Å². The highest BCUT2D eigenvalue weighted by atomic mass is 16.2. The van der Waals surface area contributed by atoms with Crippen LogP contribution in [0.5, 0.6) is 0 Å². The van der Waals surface area contributed by atoms with Crippen molar-refractivity contribution in [3.63, 3.8) is 0 Å². The number of hydrogen-bond acceptors (Lipinski definition) is 3. The monoisotopic (exact) mass is 346 g/mol. The number of amides is 2. The summed E-state index contributed by atoms with van der Waals surface area (Å²) >= 11 is 0. The van der Waals surface area contributed by atoms with Crippen molar-refractivity contribution >= 4 is 17.5 Å². The number of nitrogens with zero attached hydrogens (tertiary/aromatic N) is 2. The summed E-state index contributed by atoms with van der Waals surface area (Å²) in [6.07, 6.45) is 7.42. The second-order valence-electron chi connectivity index (χ2n) is 8.04. The molecule has 2 bridgehead atoms. The second kappa shape index (κ2) is 7.58. The van der Waals surface area contributed by atoms with Crippen LogP contribution in [0.1, 0.15) is 63.4 Å². The van der Waals surface area contributed by atoms with Gasteiger partial charge in [-0.25, -0.2) is 0 Å². The maximum atomic E-state index is 12.5. The molecule has 0 spiro atoms. The molecule has 0 saturated heterocycles. The summed E-state index contributed by atoms with van der Waals surface area (Å²) in [5, 5.41) is 10.1. The Morgan fingerprint density at radius 3 is 2.72 bits per heavy atom. The highest BCUT2D eigenvalue weighted by Gasteiger charge is 2.40. The molecular formula is C19H30N4O2. The number of aryl methyl sites for hydroxylation is 1. The van der Waals surface area contributed by atoms with Gasteiger partial charge in [-0.1, -0.05) is 20.3 Å². The molecule has 1 aromatic heterocycles. The van der Waals surface area contributed by atoms with Gasteiger partial charge in [0.1, 0.15) is 0 Å². The first-order valence-corrected chi connectivity index (χ1v) is 9.61. The molecular weight excluding hydrogens is 316 g/mol. The van der Waals surface area contributed by atoms with Gasteiger partial charge in [-0.2, -0.15) is 5.10 Å². The number of nitrogens with one attached hydrogen (secondary N) is 2. The summed E-state index contributed by atoms with van der Waals surface area (Å²) in [5.74, 6) is 2.22. The van der Waals surface area contributed by atoms with E-state index in [0.717, 1.165) is 11.8 Å². The van der Waals surface area contributed by atoms with Crippen LogP contribution in [0.25, 0.3) is 0 Å². The smallest absolute Gasteiger partial charge is 0.273 e. The first kappa shape index (κ1) is 18.0. The molecule has 2 aliphatic rings. The second-order valence-corrected chi connectivity index (χ2v) is 8.04. The molecule has 6 heteroatoms. The zero-order valence-corrected chi connectivity index (χ0v) is 15.5.